The standard InChI is InChI=1S/C22H26ClNO5/c1-22(2,3)29-21(27)24(4)14-19(25)16-9-11-18(12-10-16)28-20(26)17-7-5-15(13-23)6-8-17/h5-12,19,25H,13-14H2,1-4H3. The number of benzene rings is 2. The highest BCUT2D eigenvalue weighted by Gasteiger charge is 2.22. The molecule has 0 saturated carbocycles. The second kappa shape index (κ2) is 9.76. The number of rotatable bonds is 6. The van der Waals surface area contributed by atoms with Gasteiger partial charge >= 0.3 is 12.1 Å². The van der Waals surface area contributed by atoms with E-state index in [2.05, 4.69) is 0 Å². The van der Waals surface area contributed by atoms with E-state index in [1.165, 1.54) is 4.90 Å². The minimum atomic E-state index is -0.902. The number of hydrogen-bond acceptors (Lipinski definition) is 5. The lowest BCUT2D eigenvalue weighted by molar-refractivity contribution is 0.0205. The number of nitrogens with zero attached hydrogens (tertiary/aromatic N) is 1. The summed E-state index contributed by atoms with van der Waals surface area (Å²) in [6, 6.07) is 13.3. The van der Waals surface area contributed by atoms with Crippen LogP contribution in [0.1, 0.15) is 48.4 Å². The number of carbonyl (C=O) groups is 2. The number of aliphatic hydroxyl groups is 1. The topological polar surface area (TPSA) is 76.1 Å². The summed E-state index contributed by atoms with van der Waals surface area (Å²) in [7, 11) is 1.56. The fourth-order valence-corrected chi connectivity index (χ4v) is 2.61. The molecule has 0 aromatic heterocycles. The van der Waals surface area contributed by atoms with Crippen LogP contribution >= 0.6 is 11.6 Å². The van der Waals surface area contributed by atoms with Gasteiger partial charge in [0.25, 0.3) is 0 Å². The van der Waals surface area contributed by atoms with Gasteiger partial charge in [0.1, 0.15) is 11.4 Å². The highest BCUT2D eigenvalue weighted by atomic mass is 35.5. The molecule has 0 aliphatic carbocycles. The molecule has 0 spiro atoms. The van der Waals surface area contributed by atoms with Gasteiger partial charge in [0.2, 0.25) is 0 Å². The lowest BCUT2D eigenvalue weighted by atomic mass is 10.1. The summed E-state index contributed by atoms with van der Waals surface area (Å²) >= 11 is 5.74. The van der Waals surface area contributed by atoms with Crippen LogP contribution in [0.5, 0.6) is 5.75 Å². The monoisotopic (exact) mass is 419 g/mol. The zero-order valence-electron chi connectivity index (χ0n) is 17.0. The molecule has 2 aromatic rings. The molecule has 0 saturated heterocycles. The van der Waals surface area contributed by atoms with Gasteiger partial charge in [-0.05, 0) is 56.2 Å². The summed E-state index contributed by atoms with van der Waals surface area (Å²) in [5, 5.41) is 10.4. The van der Waals surface area contributed by atoms with Crippen molar-refractivity contribution in [2.24, 2.45) is 0 Å². The first-order chi connectivity index (χ1) is 13.6. The molecule has 1 atom stereocenters. The van der Waals surface area contributed by atoms with Crippen LogP contribution in [0.2, 0.25) is 0 Å². The number of hydrogen-bond donors (Lipinski definition) is 1. The Morgan fingerprint density at radius 3 is 2.17 bits per heavy atom. The quantitative estimate of drug-likeness (QED) is 0.422. The van der Waals surface area contributed by atoms with Crippen LogP contribution in [0.3, 0.4) is 0 Å². The first-order valence-corrected chi connectivity index (χ1v) is 9.71. The highest BCUT2D eigenvalue weighted by molar-refractivity contribution is 6.17. The smallest absolute Gasteiger partial charge is 0.410 e. The van der Waals surface area contributed by atoms with Crippen molar-refractivity contribution in [1.82, 2.24) is 4.90 Å². The normalized spacial score (nSPS) is 12.2. The Morgan fingerprint density at radius 2 is 1.66 bits per heavy atom. The van der Waals surface area contributed by atoms with E-state index in [-0.39, 0.29) is 6.54 Å². The fourth-order valence-electron chi connectivity index (χ4n) is 2.43. The predicted molar refractivity (Wildman–Crippen MR) is 111 cm³/mol. The molecule has 0 aliphatic rings. The predicted octanol–water partition coefficient (Wildman–Crippen LogP) is 4.54. The number of esters is 1. The Kier molecular flexibility index (Phi) is 7.65. The lowest BCUT2D eigenvalue weighted by Crippen LogP contribution is -2.36. The molecule has 0 aliphatic heterocycles. The molecule has 156 valence electrons. The van der Waals surface area contributed by atoms with Crippen LogP contribution < -0.4 is 4.74 Å². The number of halogens is 1. The largest absolute Gasteiger partial charge is 0.444 e. The molecule has 6 nitrogen and oxygen atoms in total. The van der Waals surface area contributed by atoms with Gasteiger partial charge in [-0.3, -0.25) is 0 Å². The summed E-state index contributed by atoms with van der Waals surface area (Å²) in [5.74, 6) is 0.249. The molecule has 29 heavy (non-hydrogen) atoms. The molecule has 2 rings (SSSR count). The van der Waals surface area contributed by atoms with Gasteiger partial charge in [0.15, 0.2) is 0 Å². The van der Waals surface area contributed by atoms with Crippen LogP contribution in [0.15, 0.2) is 48.5 Å². The van der Waals surface area contributed by atoms with Crippen molar-refractivity contribution in [3.63, 3.8) is 0 Å². The van der Waals surface area contributed by atoms with E-state index in [0.29, 0.717) is 22.8 Å². The Hall–Kier alpha value is -2.57. The number of ether oxygens (including phenoxy) is 2. The van der Waals surface area contributed by atoms with Crippen molar-refractivity contribution in [2.75, 3.05) is 13.6 Å². The third-order valence-electron chi connectivity index (χ3n) is 3.97. The molecular weight excluding hydrogens is 394 g/mol. The number of likely N-dealkylation sites (N-methyl/N-ethyl adjacent to an activating group) is 1. The van der Waals surface area contributed by atoms with E-state index in [1.54, 1.807) is 76.3 Å². The van der Waals surface area contributed by atoms with E-state index >= 15 is 0 Å². The molecule has 1 unspecified atom stereocenters. The van der Waals surface area contributed by atoms with Crippen LogP contribution in [0, 0.1) is 0 Å². The molecule has 2 aromatic carbocycles. The maximum Gasteiger partial charge on any atom is 0.410 e. The summed E-state index contributed by atoms with van der Waals surface area (Å²) in [4.78, 5) is 25.5. The third-order valence-corrected chi connectivity index (χ3v) is 4.28. The van der Waals surface area contributed by atoms with Crippen molar-refractivity contribution in [3.8, 4) is 5.75 Å². The Bertz CT molecular complexity index is 828. The molecule has 0 bridgehead atoms. The third kappa shape index (κ3) is 7.07. The van der Waals surface area contributed by atoms with Crippen LogP contribution in [0.25, 0.3) is 0 Å². The van der Waals surface area contributed by atoms with E-state index in [1.807, 2.05) is 0 Å². The lowest BCUT2D eigenvalue weighted by Gasteiger charge is -2.26. The summed E-state index contributed by atoms with van der Waals surface area (Å²) < 4.78 is 10.6. The highest BCUT2D eigenvalue weighted by Crippen LogP contribution is 2.20. The summed E-state index contributed by atoms with van der Waals surface area (Å²) in [5.41, 5.74) is 1.32. The number of alkyl halides is 1. The summed E-state index contributed by atoms with van der Waals surface area (Å²) in [6.07, 6.45) is -1.41. The van der Waals surface area contributed by atoms with Crippen molar-refractivity contribution < 1.29 is 24.2 Å². The first-order valence-electron chi connectivity index (χ1n) is 9.18. The molecule has 0 radical (unpaired) electrons. The van der Waals surface area contributed by atoms with E-state index < -0.39 is 23.8 Å². The van der Waals surface area contributed by atoms with E-state index in [4.69, 9.17) is 21.1 Å². The van der Waals surface area contributed by atoms with E-state index in [9.17, 15) is 14.7 Å². The molecule has 1 amide bonds. The van der Waals surface area contributed by atoms with Crippen LogP contribution in [-0.4, -0.2) is 41.3 Å². The second-order valence-electron chi connectivity index (χ2n) is 7.67. The van der Waals surface area contributed by atoms with Crippen molar-refractivity contribution in [2.45, 2.75) is 38.4 Å². The molecule has 0 fully saturated rings. The maximum absolute atomic E-state index is 12.2. The van der Waals surface area contributed by atoms with Crippen molar-refractivity contribution >= 4 is 23.7 Å². The van der Waals surface area contributed by atoms with Crippen molar-refractivity contribution in [3.05, 3.63) is 65.2 Å². The van der Waals surface area contributed by atoms with Crippen LogP contribution in [0.4, 0.5) is 4.79 Å². The summed E-state index contributed by atoms with van der Waals surface area (Å²) in [6.45, 7) is 5.41. The number of amides is 1. The minimum absolute atomic E-state index is 0.0704. The van der Waals surface area contributed by atoms with Gasteiger partial charge in [0, 0.05) is 12.9 Å². The maximum atomic E-state index is 12.2. The average molecular weight is 420 g/mol. The zero-order valence-corrected chi connectivity index (χ0v) is 17.8. The van der Waals surface area contributed by atoms with Gasteiger partial charge in [-0.25, -0.2) is 9.59 Å². The molecule has 7 heteroatoms. The van der Waals surface area contributed by atoms with Crippen molar-refractivity contribution in [1.29, 1.82) is 0 Å². The minimum Gasteiger partial charge on any atom is -0.444 e. The Labute approximate surface area is 176 Å². The molecular formula is C22H26ClNO5. The molecule has 0 heterocycles. The van der Waals surface area contributed by atoms with Gasteiger partial charge in [-0.15, -0.1) is 11.6 Å². The molecule has 1 N–H and O–H groups in total. The average Bonchev–Trinajstić information content (AvgIpc) is 2.67. The van der Waals surface area contributed by atoms with Gasteiger partial charge in [0.05, 0.1) is 18.2 Å². The fraction of sp³-hybridized carbons (Fsp3) is 0.364. The Morgan fingerprint density at radius 1 is 1.07 bits per heavy atom. The number of aliphatic hydroxyl groups excluding tert-OH is 1. The SMILES string of the molecule is CN(CC(O)c1ccc(OC(=O)c2ccc(CCl)cc2)cc1)C(=O)OC(C)(C)C. The van der Waals surface area contributed by atoms with Gasteiger partial charge < -0.3 is 19.5 Å². The zero-order chi connectivity index (χ0) is 21.6. The van der Waals surface area contributed by atoms with Gasteiger partial charge in [-0.1, -0.05) is 24.3 Å². The van der Waals surface area contributed by atoms with E-state index in [0.717, 1.165) is 5.56 Å². The Balaban J connectivity index is 1.94. The first kappa shape index (κ1) is 22.7. The number of carbonyl (C=O) groups excluding carboxylic acids is 2. The van der Waals surface area contributed by atoms with Crippen LogP contribution in [-0.2, 0) is 10.6 Å². The second-order valence-corrected chi connectivity index (χ2v) is 7.93. The van der Waals surface area contributed by atoms with Gasteiger partial charge in [-0.2, -0.15) is 0 Å².